The number of carbonyl (C=O) groups excluding carboxylic acids is 1. The van der Waals surface area contributed by atoms with Crippen LogP contribution in [0.1, 0.15) is 6.92 Å². The molecular formula is C25H19N3O2S. The lowest BCUT2D eigenvalue weighted by atomic mass is 10.1. The molecule has 31 heavy (non-hydrogen) atoms. The van der Waals surface area contributed by atoms with Crippen molar-refractivity contribution in [3.63, 3.8) is 0 Å². The summed E-state index contributed by atoms with van der Waals surface area (Å²) in [5, 5.41) is 15.4. The van der Waals surface area contributed by atoms with Crippen molar-refractivity contribution in [2.24, 2.45) is 0 Å². The van der Waals surface area contributed by atoms with Crippen molar-refractivity contribution in [2.75, 3.05) is 5.32 Å². The van der Waals surface area contributed by atoms with Gasteiger partial charge in [0.1, 0.15) is 0 Å². The standard InChI is InChI=1S/C25H19N3O2S/c1-15(29)26-16-10-12-17(13-11-16)31-23-14-22(27-20-8-4-2-6-18(20)23)24-19-7-3-5-9-21(19)28-25(24)30/h2-14,28,30H,1H3,(H,26,29). The number of hydrogen-bond donors (Lipinski definition) is 3. The van der Waals surface area contributed by atoms with Gasteiger partial charge in [-0.15, -0.1) is 0 Å². The molecular weight excluding hydrogens is 406 g/mol. The maximum absolute atomic E-state index is 11.3. The van der Waals surface area contributed by atoms with Crippen LogP contribution in [0.5, 0.6) is 5.88 Å². The largest absolute Gasteiger partial charge is 0.494 e. The van der Waals surface area contributed by atoms with E-state index in [-0.39, 0.29) is 11.8 Å². The van der Waals surface area contributed by atoms with E-state index in [0.29, 0.717) is 11.3 Å². The molecule has 2 heterocycles. The second kappa shape index (κ2) is 7.81. The molecule has 0 spiro atoms. The third kappa shape index (κ3) is 3.73. The molecule has 0 aliphatic heterocycles. The van der Waals surface area contributed by atoms with Crippen molar-refractivity contribution in [2.45, 2.75) is 16.7 Å². The first-order valence-electron chi connectivity index (χ1n) is 9.84. The van der Waals surface area contributed by atoms with E-state index in [2.05, 4.69) is 16.4 Å². The van der Waals surface area contributed by atoms with Crippen molar-refractivity contribution in [1.82, 2.24) is 9.97 Å². The van der Waals surface area contributed by atoms with Crippen molar-refractivity contribution in [1.29, 1.82) is 0 Å². The van der Waals surface area contributed by atoms with Crippen LogP contribution in [0.15, 0.2) is 88.7 Å². The molecule has 0 bridgehead atoms. The van der Waals surface area contributed by atoms with Gasteiger partial charge in [-0.1, -0.05) is 48.2 Å². The van der Waals surface area contributed by atoms with Crippen LogP contribution in [-0.4, -0.2) is 21.0 Å². The molecule has 0 aliphatic carbocycles. The Labute approximate surface area is 183 Å². The van der Waals surface area contributed by atoms with Gasteiger partial charge >= 0.3 is 0 Å². The molecule has 152 valence electrons. The van der Waals surface area contributed by atoms with Crippen LogP contribution in [0.4, 0.5) is 5.69 Å². The number of rotatable bonds is 4. The van der Waals surface area contributed by atoms with E-state index >= 15 is 0 Å². The first-order valence-corrected chi connectivity index (χ1v) is 10.7. The molecule has 3 aromatic carbocycles. The average Bonchev–Trinajstić information content (AvgIpc) is 3.10. The Bertz CT molecular complexity index is 1420. The maximum Gasteiger partial charge on any atom is 0.221 e. The van der Waals surface area contributed by atoms with Gasteiger partial charge in [0.25, 0.3) is 0 Å². The SMILES string of the molecule is CC(=O)Nc1ccc(Sc2cc(-c3c(O)[nH]c4ccccc34)nc3ccccc23)cc1. The van der Waals surface area contributed by atoms with Gasteiger partial charge < -0.3 is 15.4 Å². The van der Waals surface area contributed by atoms with Crippen molar-refractivity contribution >= 4 is 45.2 Å². The number of nitrogens with one attached hydrogen (secondary N) is 2. The van der Waals surface area contributed by atoms with E-state index in [1.807, 2.05) is 72.8 Å². The first kappa shape index (κ1) is 19.2. The Morgan fingerprint density at radius 1 is 0.968 bits per heavy atom. The molecule has 1 amide bonds. The average molecular weight is 426 g/mol. The van der Waals surface area contributed by atoms with E-state index in [0.717, 1.165) is 37.3 Å². The molecule has 0 radical (unpaired) electrons. The zero-order chi connectivity index (χ0) is 21.4. The number of H-pyrrole nitrogens is 1. The van der Waals surface area contributed by atoms with E-state index < -0.39 is 0 Å². The summed E-state index contributed by atoms with van der Waals surface area (Å²) >= 11 is 1.62. The molecule has 2 aromatic heterocycles. The summed E-state index contributed by atoms with van der Waals surface area (Å²) in [5.74, 6) is 0.0169. The van der Waals surface area contributed by atoms with Crippen LogP contribution in [-0.2, 0) is 4.79 Å². The highest BCUT2D eigenvalue weighted by atomic mass is 32.2. The van der Waals surface area contributed by atoms with Gasteiger partial charge in [-0.05, 0) is 42.5 Å². The van der Waals surface area contributed by atoms with E-state index in [9.17, 15) is 9.90 Å². The molecule has 0 unspecified atom stereocenters. The van der Waals surface area contributed by atoms with Crippen molar-refractivity contribution in [3.05, 3.63) is 78.9 Å². The minimum Gasteiger partial charge on any atom is -0.494 e. The molecule has 0 aliphatic rings. The topological polar surface area (TPSA) is 78.0 Å². The molecule has 0 saturated heterocycles. The number of carbonyl (C=O) groups is 1. The number of aromatic hydroxyl groups is 1. The highest BCUT2D eigenvalue weighted by Gasteiger charge is 2.16. The Kier molecular flexibility index (Phi) is 4.84. The van der Waals surface area contributed by atoms with Gasteiger partial charge in [-0.25, -0.2) is 4.98 Å². The summed E-state index contributed by atoms with van der Waals surface area (Å²) in [4.78, 5) is 21.2. The minimum atomic E-state index is -0.0938. The van der Waals surface area contributed by atoms with Gasteiger partial charge in [-0.2, -0.15) is 0 Å². The molecule has 5 aromatic rings. The fourth-order valence-corrected chi connectivity index (χ4v) is 4.66. The normalized spacial score (nSPS) is 11.1. The predicted octanol–water partition coefficient (Wildman–Crippen LogP) is 6.20. The second-order valence-corrected chi connectivity index (χ2v) is 8.34. The number of nitrogens with zero attached hydrogens (tertiary/aromatic N) is 1. The quantitative estimate of drug-likeness (QED) is 0.320. The number of fused-ring (bicyclic) bond motifs is 2. The number of para-hydroxylation sites is 2. The van der Waals surface area contributed by atoms with Gasteiger partial charge in [0, 0.05) is 38.7 Å². The first-order chi connectivity index (χ1) is 15.1. The monoisotopic (exact) mass is 425 g/mol. The van der Waals surface area contributed by atoms with Gasteiger partial charge in [0.05, 0.1) is 16.8 Å². The van der Waals surface area contributed by atoms with Crippen LogP contribution < -0.4 is 5.32 Å². The molecule has 0 fully saturated rings. The number of pyridine rings is 1. The van der Waals surface area contributed by atoms with Gasteiger partial charge in [-0.3, -0.25) is 4.79 Å². The Hall–Kier alpha value is -3.77. The maximum atomic E-state index is 11.3. The predicted molar refractivity (Wildman–Crippen MR) is 126 cm³/mol. The minimum absolute atomic E-state index is 0.0938. The molecule has 0 atom stereocenters. The summed E-state index contributed by atoms with van der Waals surface area (Å²) in [7, 11) is 0. The van der Waals surface area contributed by atoms with Gasteiger partial charge in [0.2, 0.25) is 5.91 Å². The van der Waals surface area contributed by atoms with Crippen LogP contribution >= 0.6 is 11.8 Å². The summed E-state index contributed by atoms with van der Waals surface area (Å²) in [5.41, 5.74) is 3.91. The molecule has 5 rings (SSSR count). The number of amides is 1. The highest BCUT2D eigenvalue weighted by Crippen LogP contribution is 2.40. The number of anilines is 1. The van der Waals surface area contributed by atoms with Crippen LogP contribution in [0.25, 0.3) is 33.1 Å². The molecule has 3 N–H and O–H groups in total. The van der Waals surface area contributed by atoms with E-state index in [4.69, 9.17) is 4.98 Å². The van der Waals surface area contributed by atoms with Crippen molar-refractivity contribution < 1.29 is 9.90 Å². The summed E-state index contributed by atoms with van der Waals surface area (Å²) in [6.45, 7) is 1.49. The fourth-order valence-electron chi connectivity index (χ4n) is 3.68. The molecule has 5 nitrogen and oxygen atoms in total. The zero-order valence-electron chi connectivity index (χ0n) is 16.7. The van der Waals surface area contributed by atoms with E-state index in [1.54, 1.807) is 11.8 Å². The Morgan fingerprint density at radius 2 is 1.68 bits per heavy atom. The zero-order valence-corrected chi connectivity index (χ0v) is 17.5. The molecule has 6 heteroatoms. The Balaban J connectivity index is 1.61. The summed E-state index contributed by atoms with van der Waals surface area (Å²) < 4.78 is 0. The molecule has 0 saturated carbocycles. The summed E-state index contributed by atoms with van der Waals surface area (Å²) in [6.07, 6.45) is 0. The third-order valence-corrected chi connectivity index (χ3v) is 6.09. The number of aromatic amines is 1. The lowest BCUT2D eigenvalue weighted by molar-refractivity contribution is -0.114. The van der Waals surface area contributed by atoms with Crippen molar-refractivity contribution in [3.8, 4) is 17.1 Å². The third-order valence-electron chi connectivity index (χ3n) is 5.02. The van der Waals surface area contributed by atoms with Crippen LogP contribution in [0, 0.1) is 0 Å². The lowest BCUT2D eigenvalue weighted by Gasteiger charge is -2.10. The number of hydrogen-bond acceptors (Lipinski definition) is 4. The van der Waals surface area contributed by atoms with Crippen LogP contribution in [0.3, 0.4) is 0 Å². The summed E-state index contributed by atoms with van der Waals surface area (Å²) in [6, 6.07) is 25.5. The Morgan fingerprint density at radius 3 is 2.45 bits per heavy atom. The fraction of sp³-hybridized carbons (Fsp3) is 0.0400. The van der Waals surface area contributed by atoms with Gasteiger partial charge in [0.15, 0.2) is 5.88 Å². The smallest absolute Gasteiger partial charge is 0.221 e. The second-order valence-electron chi connectivity index (χ2n) is 7.22. The number of aromatic nitrogens is 2. The van der Waals surface area contributed by atoms with Crippen LogP contribution in [0.2, 0.25) is 0 Å². The highest BCUT2D eigenvalue weighted by molar-refractivity contribution is 7.99. The lowest BCUT2D eigenvalue weighted by Crippen LogP contribution is -2.05. The number of benzene rings is 3. The van der Waals surface area contributed by atoms with E-state index in [1.165, 1.54) is 6.92 Å².